The van der Waals surface area contributed by atoms with Crippen LogP contribution >= 0.6 is 11.3 Å². The average Bonchev–Trinajstić information content (AvgIpc) is 2.97. The first-order valence-corrected chi connectivity index (χ1v) is 8.05. The van der Waals surface area contributed by atoms with Crippen molar-refractivity contribution >= 4 is 32.1 Å². The summed E-state index contributed by atoms with van der Waals surface area (Å²) in [4.78, 5) is 8.62. The maximum atomic E-state index is 12.3. The predicted octanol–water partition coefficient (Wildman–Crippen LogP) is 0.851. The van der Waals surface area contributed by atoms with Crippen molar-refractivity contribution < 1.29 is 8.42 Å². The molecule has 0 aliphatic heterocycles. The zero-order valence-corrected chi connectivity index (χ0v) is 11.9. The highest BCUT2D eigenvalue weighted by Crippen LogP contribution is 2.23. The Morgan fingerprint density at radius 2 is 2.25 bits per heavy atom. The molecule has 0 saturated carbocycles. The quantitative estimate of drug-likeness (QED) is 0.744. The van der Waals surface area contributed by atoms with Gasteiger partial charge in [0, 0.05) is 17.8 Å². The molecular formula is C11H11N5O2S2. The van der Waals surface area contributed by atoms with Gasteiger partial charge in [0.2, 0.25) is 0 Å². The predicted molar refractivity (Wildman–Crippen MR) is 75.7 cm³/mol. The van der Waals surface area contributed by atoms with E-state index in [4.69, 9.17) is 5.73 Å². The standard InChI is InChI=1S/C11H11N5O2S2/c12-9-10(16-5-6-19-11(16)15-9)20(17,18)14-7-8-3-1-2-4-13-8/h1-6,14H,7,12H2. The van der Waals surface area contributed by atoms with Crippen LogP contribution < -0.4 is 10.5 Å². The third kappa shape index (κ3) is 2.26. The van der Waals surface area contributed by atoms with Crippen LogP contribution in [0.25, 0.3) is 4.96 Å². The van der Waals surface area contributed by atoms with Crippen molar-refractivity contribution in [1.29, 1.82) is 0 Å². The van der Waals surface area contributed by atoms with Crippen LogP contribution in [0.4, 0.5) is 5.82 Å². The molecule has 3 aromatic rings. The largest absolute Gasteiger partial charge is 0.381 e. The van der Waals surface area contributed by atoms with Gasteiger partial charge in [0.05, 0.1) is 12.2 Å². The molecule has 3 rings (SSSR count). The Labute approximate surface area is 119 Å². The smallest absolute Gasteiger partial charge is 0.260 e. The Bertz CT molecular complexity index is 838. The van der Waals surface area contributed by atoms with E-state index < -0.39 is 10.0 Å². The van der Waals surface area contributed by atoms with E-state index in [2.05, 4.69) is 14.7 Å². The van der Waals surface area contributed by atoms with Gasteiger partial charge in [-0.1, -0.05) is 6.07 Å². The summed E-state index contributed by atoms with van der Waals surface area (Å²) >= 11 is 1.32. The van der Waals surface area contributed by atoms with Crippen molar-refractivity contribution in [2.45, 2.75) is 11.6 Å². The van der Waals surface area contributed by atoms with Crippen molar-refractivity contribution in [1.82, 2.24) is 19.1 Å². The lowest BCUT2D eigenvalue weighted by molar-refractivity contribution is 0.576. The normalized spacial score (nSPS) is 12.0. The SMILES string of the molecule is Nc1nc2sccn2c1S(=O)(=O)NCc1ccccn1. The van der Waals surface area contributed by atoms with Gasteiger partial charge < -0.3 is 5.73 Å². The molecule has 3 aromatic heterocycles. The van der Waals surface area contributed by atoms with Crippen LogP contribution in [0.15, 0.2) is 41.0 Å². The minimum atomic E-state index is -3.75. The zero-order valence-electron chi connectivity index (χ0n) is 10.2. The van der Waals surface area contributed by atoms with Crippen LogP contribution in [0.3, 0.4) is 0 Å². The van der Waals surface area contributed by atoms with Crippen molar-refractivity contribution in [2.75, 3.05) is 5.73 Å². The molecular weight excluding hydrogens is 298 g/mol. The van der Waals surface area contributed by atoms with Gasteiger partial charge in [-0.15, -0.1) is 11.3 Å². The monoisotopic (exact) mass is 309 g/mol. The maximum Gasteiger partial charge on any atom is 0.260 e. The van der Waals surface area contributed by atoms with Crippen molar-refractivity contribution in [2.24, 2.45) is 0 Å². The number of aromatic nitrogens is 3. The van der Waals surface area contributed by atoms with Crippen molar-refractivity contribution in [3.63, 3.8) is 0 Å². The Morgan fingerprint density at radius 1 is 1.40 bits per heavy atom. The molecule has 0 spiro atoms. The van der Waals surface area contributed by atoms with Crippen LogP contribution in [0, 0.1) is 0 Å². The van der Waals surface area contributed by atoms with Crippen LogP contribution in [0.1, 0.15) is 5.69 Å². The summed E-state index contributed by atoms with van der Waals surface area (Å²) < 4.78 is 28.6. The van der Waals surface area contributed by atoms with Gasteiger partial charge in [-0.25, -0.2) is 18.1 Å². The van der Waals surface area contributed by atoms with Crippen molar-refractivity contribution in [3.05, 3.63) is 41.7 Å². The molecule has 0 aromatic carbocycles. The number of nitrogen functional groups attached to an aromatic ring is 1. The molecule has 7 nitrogen and oxygen atoms in total. The molecule has 0 aliphatic rings. The lowest BCUT2D eigenvalue weighted by atomic mass is 10.4. The second-order valence-electron chi connectivity index (χ2n) is 4.00. The summed E-state index contributed by atoms with van der Waals surface area (Å²) in [5, 5.41) is 1.71. The summed E-state index contributed by atoms with van der Waals surface area (Å²) in [7, 11) is -3.75. The van der Waals surface area contributed by atoms with E-state index in [0.717, 1.165) is 0 Å². The van der Waals surface area contributed by atoms with E-state index in [9.17, 15) is 8.42 Å². The van der Waals surface area contributed by atoms with Crippen molar-refractivity contribution in [3.8, 4) is 0 Å². The fraction of sp³-hybridized carbons (Fsp3) is 0.0909. The van der Waals surface area contributed by atoms with Crippen LogP contribution in [0.5, 0.6) is 0 Å². The van der Waals surface area contributed by atoms with Crippen LogP contribution in [0.2, 0.25) is 0 Å². The number of nitrogens with zero attached hydrogens (tertiary/aromatic N) is 3. The molecule has 0 fully saturated rings. The number of rotatable bonds is 4. The first-order valence-electron chi connectivity index (χ1n) is 5.68. The number of nitrogens with one attached hydrogen (secondary N) is 1. The molecule has 0 radical (unpaired) electrons. The highest BCUT2D eigenvalue weighted by molar-refractivity contribution is 7.89. The van der Waals surface area contributed by atoms with E-state index in [-0.39, 0.29) is 17.4 Å². The first kappa shape index (κ1) is 13.0. The number of hydrogen-bond acceptors (Lipinski definition) is 6. The van der Waals surface area contributed by atoms with Gasteiger partial charge in [0.1, 0.15) is 0 Å². The summed E-state index contributed by atoms with van der Waals surface area (Å²) in [6.45, 7) is 0.0972. The average molecular weight is 309 g/mol. The summed E-state index contributed by atoms with van der Waals surface area (Å²) in [5.41, 5.74) is 6.32. The van der Waals surface area contributed by atoms with Gasteiger partial charge in [0.25, 0.3) is 10.0 Å². The Hall–Kier alpha value is -1.97. The number of fused-ring (bicyclic) bond motifs is 1. The highest BCUT2D eigenvalue weighted by atomic mass is 32.2. The van der Waals surface area contributed by atoms with Gasteiger partial charge in [-0.05, 0) is 12.1 Å². The minimum absolute atomic E-state index is 0.00892. The lowest BCUT2D eigenvalue weighted by Crippen LogP contribution is -2.25. The minimum Gasteiger partial charge on any atom is -0.381 e. The molecule has 0 bridgehead atoms. The zero-order chi connectivity index (χ0) is 14.2. The van der Waals surface area contributed by atoms with Gasteiger partial charge in [-0.2, -0.15) is 0 Å². The Morgan fingerprint density at radius 3 is 3.00 bits per heavy atom. The summed E-state index contributed by atoms with van der Waals surface area (Å²) in [5.74, 6) is -0.00892. The number of nitrogens with two attached hydrogens (primary N) is 1. The summed E-state index contributed by atoms with van der Waals surface area (Å²) in [6, 6.07) is 5.30. The van der Waals surface area contributed by atoms with E-state index >= 15 is 0 Å². The summed E-state index contributed by atoms with van der Waals surface area (Å²) in [6.07, 6.45) is 3.23. The molecule has 20 heavy (non-hydrogen) atoms. The molecule has 3 heterocycles. The third-order valence-corrected chi connectivity index (χ3v) is 4.86. The first-order chi connectivity index (χ1) is 9.58. The number of hydrogen-bond donors (Lipinski definition) is 2. The molecule has 104 valence electrons. The lowest BCUT2D eigenvalue weighted by Gasteiger charge is -2.06. The molecule has 0 aliphatic carbocycles. The molecule has 0 saturated heterocycles. The molecule has 9 heteroatoms. The second kappa shape index (κ2) is 4.85. The van der Waals surface area contributed by atoms with E-state index in [0.29, 0.717) is 10.7 Å². The molecule has 0 amide bonds. The van der Waals surface area contributed by atoms with Gasteiger partial charge >= 0.3 is 0 Å². The molecule has 0 atom stereocenters. The number of pyridine rings is 1. The van der Waals surface area contributed by atoms with Crippen LogP contribution in [-0.2, 0) is 16.6 Å². The number of sulfonamides is 1. The molecule has 0 unspecified atom stereocenters. The van der Waals surface area contributed by atoms with Gasteiger partial charge in [-0.3, -0.25) is 9.38 Å². The molecule has 3 N–H and O–H groups in total. The number of imidazole rings is 1. The highest BCUT2D eigenvalue weighted by Gasteiger charge is 2.24. The topological polar surface area (TPSA) is 102 Å². The van der Waals surface area contributed by atoms with E-state index in [1.54, 1.807) is 36.0 Å². The fourth-order valence-electron chi connectivity index (χ4n) is 1.79. The van der Waals surface area contributed by atoms with Gasteiger partial charge in [0.15, 0.2) is 15.8 Å². The Balaban J connectivity index is 1.92. The van der Waals surface area contributed by atoms with E-state index in [1.165, 1.54) is 15.7 Å². The number of anilines is 1. The third-order valence-electron chi connectivity index (χ3n) is 2.67. The van der Waals surface area contributed by atoms with Crippen LogP contribution in [-0.4, -0.2) is 22.8 Å². The fourth-order valence-corrected chi connectivity index (χ4v) is 3.77. The number of thiazole rings is 1. The van der Waals surface area contributed by atoms with E-state index in [1.807, 2.05) is 0 Å². The Kier molecular flexibility index (Phi) is 3.16. The second-order valence-corrected chi connectivity index (χ2v) is 6.56. The maximum absolute atomic E-state index is 12.3.